The average molecular weight is 532 g/mol. The van der Waals surface area contributed by atoms with Crippen LogP contribution in [0.15, 0.2) is 83.8 Å². The molecule has 0 aromatic heterocycles. The second-order valence-corrected chi connectivity index (χ2v) is 10.3. The van der Waals surface area contributed by atoms with E-state index in [1.165, 1.54) is 4.90 Å². The number of hydrogen-bond acceptors (Lipinski definition) is 4. The van der Waals surface area contributed by atoms with Gasteiger partial charge >= 0.3 is 0 Å². The van der Waals surface area contributed by atoms with Crippen LogP contribution in [0.4, 0.5) is 10.1 Å². The summed E-state index contributed by atoms with van der Waals surface area (Å²) in [4.78, 5) is 27.4. The summed E-state index contributed by atoms with van der Waals surface area (Å²) in [7, 11) is -4.23. The molecule has 0 aliphatic rings. The van der Waals surface area contributed by atoms with Gasteiger partial charge in [0.05, 0.1) is 10.6 Å². The van der Waals surface area contributed by atoms with Crippen molar-refractivity contribution in [2.75, 3.05) is 17.4 Å². The molecule has 10 heteroatoms. The summed E-state index contributed by atoms with van der Waals surface area (Å²) in [6.45, 7) is 3.22. The van der Waals surface area contributed by atoms with E-state index < -0.39 is 34.3 Å². The Balaban J connectivity index is 1.99. The number of hydrogen-bond donors (Lipinski definition) is 1. The molecule has 36 heavy (non-hydrogen) atoms. The van der Waals surface area contributed by atoms with E-state index in [1.54, 1.807) is 68.4 Å². The Morgan fingerprint density at radius 3 is 2.17 bits per heavy atom. The lowest BCUT2D eigenvalue weighted by atomic mass is 10.1. The zero-order valence-electron chi connectivity index (χ0n) is 19.9. The second-order valence-electron chi connectivity index (χ2n) is 8.02. The van der Waals surface area contributed by atoms with Crippen molar-refractivity contribution in [1.29, 1.82) is 0 Å². The average Bonchev–Trinajstić information content (AvgIpc) is 2.87. The predicted octanol–water partition coefficient (Wildman–Crippen LogP) is 4.23. The highest BCUT2D eigenvalue weighted by atomic mass is 35.5. The first kappa shape index (κ1) is 27.2. The number of amides is 2. The first-order chi connectivity index (χ1) is 17.1. The summed E-state index contributed by atoms with van der Waals surface area (Å²) in [5.74, 6) is -1.54. The first-order valence-corrected chi connectivity index (χ1v) is 13.1. The fourth-order valence-electron chi connectivity index (χ4n) is 3.55. The van der Waals surface area contributed by atoms with Crippen molar-refractivity contribution in [3.05, 3.63) is 95.3 Å². The summed E-state index contributed by atoms with van der Waals surface area (Å²) in [5, 5.41) is 3.22. The Bertz CT molecular complexity index is 1290. The third-order valence-electron chi connectivity index (χ3n) is 5.51. The van der Waals surface area contributed by atoms with Gasteiger partial charge in [-0.1, -0.05) is 41.9 Å². The van der Waals surface area contributed by atoms with Gasteiger partial charge in [-0.25, -0.2) is 12.8 Å². The molecule has 1 unspecified atom stereocenters. The molecule has 2 amide bonds. The summed E-state index contributed by atoms with van der Waals surface area (Å²) in [6.07, 6.45) is 0. The topological polar surface area (TPSA) is 86.8 Å². The number of anilines is 1. The van der Waals surface area contributed by atoms with Crippen molar-refractivity contribution in [1.82, 2.24) is 10.2 Å². The molecule has 0 fully saturated rings. The molecule has 0 radical (unpaired) electrons. The Labute approximate surface area is 215 Å². The van der Waals surface area contributed by atoms with Crippen molar-refractivity contribution in [2.24, 2.45) is 0 Å². The molecule has 1 atom stereocenters. The van der Waals surface area contributed by atoms with Gasteiger partial charge in [0.2, 0.25) is 11.8 Å². The van der Waals surface area contributed by atoms with Gasteiger partial charge in [-0.05, 0) is 67.9 Å². The molecule has 0 saturated carbocycles. The lowest BCUT2D eigenvalue weighted by molar-refractivity contribution is -0.139. The summed E-state index contributed by atoms with van der Waals surface area (Å²) in [5.41, 5.74) is 0.976. The third kappa shape index (κ3) is 6.61. The molecule has 7 nitrogen and oxygen atoms in total. The van der Waals surface area contributed by atoms with Crippen molar-refractivity contribution in [2.45, 2.75) is 31.3 Å². The predicted molar refractivity (Wildman–Crippen MR) is 138 cm³/mol. The van der Waals surface area contributed by atoms with Crippen LogP contribution in [0.1, 0.15) is 19.4 Å². The van der Waals surface area contributed by atoms with Gasteiger partial charge in [0.1, 0.15) is 18.4 Å². The SMILES string of the molecule is CCNC(=O)C(C)N(Cc1ccc(Cl)cc1)C(=O)CN(c1ccccc1)S(=O)(=O)c1ccc(F)cc1. The van der Waals surface area contributed by atoms with Gasteiger partial charge in [0.15, 0.2) is 0 Å². The van der Waals surface area contributed by atoms with Gasteiger partial charge in [0, 0.05) is 18.1 Å². The van der Waals surface area contributed by atoms with Gasteiger partial charge in [-0.2, -0.15) is 0 Å². The van der Waals surface area contributed by atoms with Crippen molar-refractivity contribution in [3.63, 3.8) is 0 Å². The summed E-state index contributed by atoms with van der Waals surface area (Å²) >= 11 is 5.98. The maximum atomic E-state index is 13.6. The van der Waals surface area contributed by atoms with E-state index in [1.807, 2.05) is 0 Å². The van der Waals surface area contributed by atoms with Crippen molar-refractivity contribution in [3.8, 4) is 0 Å². The van der Waals surface area contributed by atoms with Crippen LogP contribution in [0.25, 0.3) is 0 Å². The number of benzene rings is 3. The maximum Gasteiger partial charge on any atom is 0.264 e. The molecule has 0 saturated heterocycles. The second kappa shape index (κ2) is 12.0. The fraction of sp³-hybridized carbons (Fsp3) is 0.231. The number of nitrogens with one attached hydrogen (secondary N) is 1. The number of halogens is 2. The Morgan fingerprint density at radius 1 is 0.972 bits per heavy atom. The highest BCUT2D eigenvalue weighted by Crippen LogP contribution is 2.24. The summed E-state index contributed by atoms with van der Waals surface area (Å²) < 4.78 is 41.5. The minimum atomic E-state index is -4.23. The summed E-state index contributed by atoms with van der Waals surface area (Å²) in [6, 6.07) is 18.5. The van der Waals surface area contributed by atoms with Gasteiger partial charge < -0.3 is 10.2 Å². The number of para-hydroxylation sites is 1. The van der Waals surface area contributed by atoms with E-state index in [9.17, 15) is 22.4 Å². The van der Waals surface area contributed by atoms with Crippen LogP contribution in [0, 0.1) is 5.82 Å². The number of sulfonamides is 1. The molecule has 0 spiro atoms. The number of likely N-dealkylation sites (N-methyl/N-ethyl adjacent to an activating group) is 1. The molecule has 0 bridgehead atoms. The van der Waals surface area contributed by atoms with E-state index in [0.717, 1.165) is 34.1 Å². The van der Waals surface area contributed by atoms with Crippen LogP contribution >= 0.6 is 11.6 Å². The molecule has 3 rings (SSSR count). The zero-order chi connectivity index (χ0) is 26.3. The van der Waals surface area contributed by atoms with E-state index in [0.29, 0.717) is 11.6 Å². The standard InChI is InChI=1S/C26H27ClFN3O4S/c1-3-29-26(33)19(2)30(17-20-9-11-21(27)12-10-20)25(32)18-31(23-7-5-4-6-8-23)36(34,35)24-15-13-22(28)14-16-24/h4-16,19H,3,17-18H2,1-2H3,(H,29,33). The van der Waals surface area contributed by atoms with Crippen molar-refractivity contribution >= 4 is 39.1 Å². The van der Waals surface area contributed by atoms with Crippen LogP contribution in [0.3, 0.4) is 0 Å². The maximum absolute atomic E-state index is 13.6. The molecule has 3 aromatic rings. The van der Waals surface area contributed by atoms with E-state index in [2.05, 4.69) is 5.32 Å². The Morgan fingerprint density at radius 2 is 1.58 bits per heavy atom. The Kier molecular flexibility index (Phi) is 9.06. The van der Waals surface area contributed by atoms with Crippen LogP contribution < -0.4 is 9.62 Å². The number of nitrogens with zero attached hydrogens (tertiary/aromatic N) is 2. The molecule has 0 aliphatic carbocycles. The highest BCUT2D eigenvalue weighted by Gasteiger charge is 2.32. The van der Waals surface area contributed by atoms with Crippen molar-refractivity contribution < 1.29 is 22.4 Å². The fourth-order valence-corrected chi connectivity index (χ4v) is 5.09. The van der Waals surface area contributed by atoms with Crippen LogP contribution in [-0.4, -0.2) is 44.3 Å². The molecule has 0 heterocycles. The Hall–Kier alpha value is -3.43. The monoisotopic (exact) mass is 531 g/mol. The van der Waals surface area contributed by atoms with Crippen LogP contribution in [0.5, 0.6) is 0 Å². The van der Waals surface area contributed by atoms with Gasteiger partial charge in [0.25, 0.3) is 10.0 Å². The van der Waals surface area contributed by atoms with Crippen LogP contribution in [0.2, 0.25) is 5.02 Å². The normalized spacial score (nSPS) is 12.0. The van der Waals surface area contributed by atoms with Gasteiger partial charge in [-0.15, -0.1) is 0 Å². The van der Waals surface area contributed by atoms with E-state index >= 15 is 0 Å². The minimum absolute atomic E-state index is 0.0630. The molecular formula is C26H27ClFN3O4S. The smallest absolute Gasteiger partial charge is 0.264 e. The number of carbonyl (C=O) groups excluding carboxylic acids is 2. The minimum Gasteiger partial charge on any atom is -0.355 e. The molecule has 3 aromatic carbocycles. The lowest BCUT2D eigenvalue weighted by Crippen LogP contribution is -2.51. The quantitative estimate of drug-likeness (QED) is 0.424. The van der Waals surface area contributed by atoms with E-state index in [4.69, 9.17) is 11.6 Å². The zero-order valence-corrected chi connectivity index (χ0v) is 21.5. The molecule has 190 valence electrons. The highest BCUT2D eigenvalue weighted by molar-refractivity contribution is 7.92. The largest absolute Gasteiger partial charge is 0.355 e. The molecule has 0 aliphatic heterocycles. The lowest BCUT2D eigenvalue weighted by Gasteiger charge is -2.32. The van der Waals surface area contributed by atoms with Crippen LogP contribution in [-0.2, 0) is 26.2 Å². The van der Waals surface area contributed by atoms with E-state index in [-0.39, 0.29) is 23.0 Å². The number of rotatable bonds is 10. The third-order valence-corrected chi connectivity index (χ3v) is 7.55. The first-order valence-electron chi connectivity index (χ1n) is 11.3. The van der Waals surface area contributed by atoms with Gasteiger partial charge in [-0.3, -0.25) is 13.9 Å². The molecular weight excluding hydrogens is 505 g/mol. The molecule has 1 N–H and O–H groups in total. The number of carbonyl (C=O) groups is 2.